The molecular formula is C43H53F3N10O7. The van der Waals surface area contributed by atoms with Crippen LogP contribution in [-0.4, -0.2) is 116 Å². The van der Waals surface area contributed by atoms with E-state index >= 15 is 0 Å². The number of likely N-dealkylation sites (tertiary alicyclic amines) is 1. The van der Waals surface area contributed by atoms with Gasteiger partial charge in [0.05, 0.1) is 0 Å². The highest BCUT2D eigenvalue weighted by molar-refractivity contribution is 6.02. The predicted octanol–water partition coefficient (Wildman–Crippen LogP) is 5.07. The van der Waals surface area contributed by atoms with Crippen molar-refractivity contribution in [2.24, 2.45) is 17.6 Å². The molecule has 4 aromatic rings. The SMILES string of the molecule is Cc1nc(C(=O)N[C@@H]2CCN(C)C2)ccc1-c1ccc(C[C@@H](C(N)=O)N(C(=O)C2CCC(CNC(=O)OC(C)(C)C)CC2)c2ccc(-c3nn[nH]n3)cc2)cc1.O=C(O)C(F)(F)F. The van der Waals surface area contributed by atoms with Crippen molar-refractivity contribution in [1.29, 1.82) is 0 Å². The van der Waals surface area contributed by atoms with E-state index in [1.807, 2.05) is 65.1 Å². The number of alkyl halides is 3. The lowest BCUT2D eigenvalue weighted by atomic mass is 9.81. The normalized spacial score (nSPS) is 18.3. The first-order chi connectivity index (χ1) is 29.7. The molecule has 0 unspecified atom stereocenters. The Bertz CT molecular complexity index is 2210. The molecule has 1 saturated carbocycles. The smallest absolute Gasteiger partial charge is 0.475 e. The van der Waals surface area contributed by atoms with Crippen LogP contribution in [0.25, 0.3) is 22.5 Å². The number of nitrogens with two attached hydrogens (primary N) is 1. The lowest BCUT2D eigenvalue weighted by molar-refractivity contribution is -0.192. The number of hydrogen-bond donors (Lipinski definition) is 5. The number of H-pyrrole nitrogens is 1. The van der Waals surface area contributed by atoms with Crippen LogP contribution in [0, 0.1) is 18.8 Å². The number of nitrogens with zero attached hydrogens (tertiary/aromatic N) is 6. The number of carboxylic acids is 1. The molecule has 2 atom stereocenters. The quantitative estimate of drug-likeness (QED) is 0.126. The van der Waals surface area contributed by atoms with Gasteiger partial charge < -0.3 is 31.1 Å². The summed E-state index contributed by atoms with van der Waals surface area (Å²) >= 11 is 0. The number of aliphatic carboxylic acids is 1. The standard InChI is InChI=1S/C41H52N10O5.C2HF3O2/c1-25-33(18-19-34(44-25)38(53)45-31-20-21-50(5)24-31)28-10-6-26(7-11-28)22-35(36(42)52)51(32-16-14-29(15-17-32)37-46-48-49-47-37)39(54)30-12-8-27(9-13-30)23-43-40(55)56-41(2,3)4;3-2(4,5)1(6)7/h6-7,10-11,14-19,27,30-31,35H,8-9,12-13,20-24H2,1-5H3,(H2,42,52)(H,43,55)(H,45,53)(H,46,47,48,49);(H,6,7)/t27?,30?,31-,35+;/m1./s1. The number of likely N-dealkylation sites (N-methyl/N-ethyl adjacent to an activating group) is 1. The Labute approximate surface area is 362 Å². The summed E-state index contributed by atoms with van der Waals surface area (Å²) in [5, 5.41) is 27.2. The Kier molecular flexibility index (Phi) is 15.6. The van der Waals surface area contributed by atoms with Gasteiger partial charge in [0.1, 0.15) is 17.3 Å². The Hall–Kier alpha value is -6.44. The van der Waals surface area contributed by atoms with Gasteiger partial charge in [0, 0.05) is 54.0 Å². The highest BCUT2D eigenvalue weighted by atomic mass is 19.4. The number of carbonyl (C=O) groups excluding carboxylic acids is 4. The molecule has 1 aliphatic heterocycles. The fourth-order valence-corrected chi connectivity index (χ4v) is 7.54. The summed E-state index contributed by atoms with van der Waals surface area (Å²) in [6, 6.07) is 17.6. The zero-order valence-electron chi connectivity index (χ0n) is 35.7. The number of halogens is 3. The van der Waals surface area contributed by atoms with Crippen LogP contribution >= 0.6 is 0 Å². The molecule has 1 saturated heterocycles. The van der Waals surface area contributed by atoms with Crippen LogP contribution in [0.4, 0.5) is 23.7 Å². The van der Waals surface area contributed by atoms with Crippen LogP contribution < -0.4 is 21.3 Å². The first kappa shape index (κ1) is 47.6. The molecule has 17 nitrogen and oxygen atoms in total. The summed E-state index contributed by atoms with van der Waals surface area (Å²) in [6.45, 7) is 9.58. The number of aromatic nitrogens is 5. The molecule has 2 fully saturated rings. The molecule has 0 bridgehead atoms. The van der Waals surface area contributed by atoms with E-state index in [4.69, 9.17) is 20.4 Å². The van der Waals surface area contributed by atoms with Gasteiger partial charge in [0.2, 0.25) is 17.6 Å². The zero-order valence-corrected chi connectivity index (χ0v) is 35.7. The number of hydrogen-bond acceptors (Lipinski definition) is 11. The minimum Gasteiger partial charge on any atom is -0.475 e. The molecule has 338 valence electrons. The van der Waals surface area contributed by atoms with Gasteiger partial charge >= 0.3 is 18.2 Å². The number of ether oxygens (including phenoxy) is 1. The molecular weight excluding hydrogens is 826 g/mol. The van der Waals surface area contributed by atoms with Crippen molar-refractivity contribution < 1.29 is 47.0 Å². The van der Waals surface area contributed by atoms with Crippen molar-refractivity contribution in [2.45, 2.75) is 90.1 Å². The third-order valence-electron chi connectivity index (χ3n) is 10.7. The summed E-state index contributed by atoms with van der Waals surface area (Å²) in [5.41, 5.74) is 10.5. The van der Waals surface area contributed by atoms with Gasteiger partial charge in [-0.1, -0.05) is 30.3 Å². The fourth-order valence-electron chi connectivity index (χ4n) is 7.54. The average Bonchev–Trinajstić information content (AvgIpc) is 3.92. The van der Waals surface area contributed by atoms with Gasteiger partial charge in [-0.05, 0) is 126 Å². The van der Waals surface area contributed by atoms with Gasteiger partial charge in [-0.3, -0.25) is 19.3 Å². The number of primary amides is 1. The minimum atomic E-state index is -5.08. The number of anilines is 1. The second kappa shape index (κ2) is 20.6. The van der Waals surface area contributed by atoms with Crippen molar-refractivity contribution in [2.75, 3.05) is 31.6 Å². The molecule has 20 heteroatoms. The van der Waals surface area contributed by atoms with Gasteiger partial charge in [-0.15, -0.1) is 10.2 Å². The fraction of sp³-hybridized carbons (Fsp3) is 0.465. The van der Waals surface area contributed by atoms with E-state index in [2.05, 4.69) is 41.1 Å². The predicted molar refractivity (Wildman–Crippen MR) is 225 cm³/mol. The summed E-state index contributed by atoms with van der Waals surface area (Å²) < 4.78 is 37.1. The molecule has 2 aliphatic rings. The van der Waals surface area contributed by atoms with E-state index in [1.54, 1.807) is 35.2 Å². The lowest BCUT2D eigenvalue weighted by Gasteiger charge is -2.36. The van der Waals surface area contributed by atoms with E-state index in [1.165, 1.54) is 0 Å². The zero-order chi connectivity index (χ0) is 46.1. The van der Waals surface area contributed by atoms with E-state index in [0.29, 0.717) is 42.2 Å². The average molecular weight is 879 g/mol. The Balaban J connectivity index is 0.000000985. The van der Waals surface area contributed by atoms with Crippen molar-refractivity contribution in [3.8, 4) is 22.5 Å². The van der Waals surface area contributed by atoms with E-state index < -0.39 is 35.8 Å². The molecule has 63 heavy (non-hydrogen) atoms. The molecule has 2 aromatic carbocycles. The number of pyridine rings is 1. The second-order valence-electron chi connectivity index (χ2n) is 16.8. The maximum absolute atomic E-state index is 14.5. The van der Waals surface area contributed by atoms with Crippen molar-refractivity contribution in [3.63, 3.8) is 0 Å². The van der Waals surface area contributed by atoms with Crippen molar-refractivity contribution in [3.05, 3.63) is 77.6 Å². The molecule has 6 rings (SSSR count). The van der Waals surface area contributed by atoms with Crippen molar-refractivity contribution in [1.82, 2.24) is 41.1 Å². The third kappa shape index (κ3) is 13.5. The maximum Gasteiger partial charge on any atom is 0.490 e. The number of aromatic amines is 1. The van der Waals surface area contributed by atoms with Crippen molar-refractivity contribution >= 4 is 35.5 Å². The molecule has 2 aromatic heterocycles. The van der Waals surface area contributed by atoms with E-state index in [0.717, 1.165) is 54.7 Å². The molecule has 0 radical (unpaired) electrons. The highest BCUT2D eigenvalue weighted by Crippen LogP contribution is 2.34. The summed E-state index contributed by atoms with van der Waals surface area (Å²) in [6.07, 6.45) is -1.77. The number of tetrazole rings is 1. The summed E-state index contributed by atoms with van der Waals surface area (Å²) in [5.74, 6) is -3.48. The Morgan fingerprint density at radius 2 is 1.59 bits per heavy atom. The summed E-state index contributed by atoms with van der Waals surface area (Å²) in [7, 11) is 2.04. The van der Waals surface area contributed by atoms with Crippen LogP contribution in [0.1, 0.15) is 74.6 Å². The lowest BCUT2D eigenvalue weighted by Crippen LogP contribution is -2.52. The van der Waals surface area contributed by atoms with Gasteiger partial charge in [-0.2, -0.15) is 18.4 Å². The van der Waals surface area contributed by atoms with Crippen LogP contribution in [0.2, 0.25) is 0 Å². The van der Waals surface area contributed by atoms with E-state index in [9.17, 15) is 32.3 Å². The number of amides is 4. The first-order valence-electron chi connectivity index (χ1n) is 20.5. The number of nitrogens with one attached hydrogen (secondary N) is 3. The number of aryl methyl sites for hydroxylation is 1. The Morgan fingerprint density at radius 1 is 0.952 bits per heavy atom. The second-order valence-corrected chi connectivity index (χ2v) is 16.8. The highest BCUT2D eigenvalue weighted by Gasteiger charge is 2.38. The first-order valence-corrected chi connectivity index (χ1v) is 20.5. The van der Waals surface area contributed by atoms with E-state index in [-0.39, 0.29) is 36.1 Å². The maximum atomic E-state index is 14.5. The molecule has 3 heterocycles. The number of benzene rings is 2. The van der Waals surface area contributed by atoms with Gasteiger partial charge in [0.15, 0.2) is 0 Å². The van der Waals surface area contributed by atoms with Crippen LogP contribution in [0.5, 0.6) is 0 Å². The largest absolute Gasteiger partial charge is 0.490 e. The third-order valence-corrected chi connectivity index (χ3v) is 10.7. The Morgan fingerprint density at radius 3 is 2.11 bits per heavy atom. The molecule has 0 spiro atoms. The number of carboxylic acid groups (broad SMARTS) is 1. The van der Waals surface area contributed by atoms with Gasteiger partial charge in [-0.25, -0.2) is 14.6 Å². The molecule has 4 amide bonds. The monoisotopic (exact) mass is 878 g/mol. The minimum absolute atomic E-state index is 0.114. The van der Waals surface area contributed by atoms with Crippen LogP contribution in [0.3, 0.4) is 0 Å². The van der Waals surface area contributed by atoms with Crippen LogP contribution in [-0.2, 0) is 25.5 Å². The van der Waals surface area contributed by atoms with Crippen LogP contribution in [0.15, 0.2) is 60.7 Å². The number of alkyl carbamates (subject to hydrolysis) is 1. The topological polar surface area (TPSA) is 239 Å². The summed E-state index contributed by atoms with van der Waals surface area (Å²) in [4.78, 5) is 70.2. The number of rotatable bonds is 12. The van der Waals surface area contributed by atoms with Gasteiger partial charge in [0.25, 0.3) is 5.91 Å². The molecule has 6 N–H and O–H groups in total. The molecule has 1 aliphatic carbocycles. The number of carbonyl (C=O) groups is 5.